The Labute approximate surface area is 177 Å². The summed E-state index contributed by atoms with van der Waals surface area (Å²) >= 11 is 0. The Balaban J connectivity index is 1.80. The Morgan fingerprint density at radius 3 is 1.94 bits per heavy atom. The van der Waals surface area contributed by atoms with Gasteiger partial charge in [-0.15, -0.1) is 0 Å². The predicted molar refractivity (Wildman–Crippen MR) is 118 cm³/mol. The first-order chi connectivity index (χ1) is 14.8. The Morgan fingerprint density at radius 2 is 1.26 bits per heavy atom. The number of para-hydroxylation sites is 1. The molecule has 2 nitrogen and oxygen atoms in total. The van der Waals surface area contributed by atoms with Gasteiger partial charge in [-0.05, 0) is 60.4 Å². The van der Waals surface area contributed by atoms with Gasteiger partial charge in [0.2, 0.25) is 0 Å². The van der Waals surface area contributed by atoms with E-state index in [0.717, 1.165) is 44.1 Å². The van der Waals surface area contributed by atoms with Crippen LogP contribution in [0.4, 0.5) is 13.2 Å². The Hall–Kier alpha value is -3.47. The van der Waals surface area contributed by atoms with Gasteiger partial charge < -0.3 is 9.97 Å². The molecule has 0 fully saturated rings. The Morgan fingerprint density at radius 1 is 0.677 bits per heavy atom. The quantitative estimate of drug-likeness (QED) is 0.307. The van der Waals surface area contributed by atoms with E-state index in [2.05, 4.69) is 35.1 Å². The molecule has 2 N–H and O–H groups in total. The van der Waals surface area contributed by atoms with Crippen LogP contribution >= 0.6 is 0 Å². The van der Waals surface area contributed by atoms with Crippen molar-refractivity contribution in [1.82, 2.24) is 9.97 Å². The maximum Gasteiger partial charge on any atom is 0.416 e. The van der Waals surface area contributed by atoms with Gasteiger partial charge in [0, 0.05) is 39.6 Å². The summed E-state index contributed by atoms with van der Waals surface area (Å²) in [5.41, 5.74) is 4.66. The van der Waals surface area contributed by atoms with Gasteiger partial charge in [-0.3, -0.25) is 0 Å². The number of halogens is 3. The first kappa shape index (κ1) is 19.5. The molecule has 156 valence electrons. The second kappa shape index (κ2) is 6.77. The van der Waals surface area contributed by atoms with Gasteiger partial charge in [-0.25, -0.2) is 0 Å². The fraction of sp³-hybridized carbons (Fsp3) is 0.154. The molecule has 0 aliphatic heterocycles. The van der Waals surface area contributed by atoms with Crippen molar-refractivity contribution in [3.8, 4) is 0 Å². The molecule has 1 unspecified atom stereocenters. The lowest BCUT2D eigenvalue weighted by atomic mass is 9.70. The largest absolute Gasteiger partial charge is 0.416 e. The van der Waals surface area contributed by atoms with E-state index < -0.39 is 17.2 Å². The molecule has 0 saturated carbocycles. The van der Waals surface area contributed by atoms with Crippen molar-refractivity contribution in [2.75, 3.05) is 0 Å². The number of nitrogens with one attached hydrogen (secondary N) is 2. The van der Waals surface area contributed by atoms with Gasteiger partial charge in [-0.2, -0.15) is 13.2 Å². The van der Waals surface area contributed by atoms with E-state index in [-0.39, 0.29) is 0 Å². The van der Waals surface area contributed by atoms with Crippen LogP contribution in [0.5, 0.6) is 0 Å². The number of hydrogen-bond donors (Lipinski definition) is 2. The summed E-state index contributed by atoms with van der Waals surface area (Å²) in [6.07, 6.45) is -0.424. The van der Waals surface area contributed by atoms with Gasteiger partial charge in [0.1, 0.15) is 0 Å². The molecule has 0 amide bonds. The highest BCUT2D eigenvalue weighted by Gasteiger charge is 2.37. The van der Waals surface area contributed by atoms with Gasteiger partial charge >= 0.3 is 6.18 Å². The highest BCUT2D eigenvalue weighted by molar-refractivity contribution is 5.90. The molecule has 5 rings (SSSR count). The molecule has 31 heavy (non-hydrogen) atoms. The van der Waals surface area contributed by atoms with E-state index in [4.69, 9.17) is 0 Å². The molecule has 0 aliphatic rings. The molecular weight excluding hydrogens is 397 g/mol. The number of aromatic nitrogens is 2. The monoisotopic (exact) mass is 418 g/mol. The standard InChI is InChI=1S/C26H21F3N2/c1-16-7-12-20-22(15-31-24(20)13-16)25(2,17-8-10-18(11-9-17)26(27,28)29)21-14-30-23-6-4-3-5-19(21)23/h3-15,30-31H,1-2H3. The normalized spacial score (nSPS) is 14.2. The van der Waals surface area contributed by atoms with Crippen LogP contribution in [0.3, 0.4) is 0 Å². The summed E-state index contributed by atoms with van der Waals surface area (Å²) in [5.74, 6) is 0. The number of fused-ring (bicyclic) bond motifs is 2. The molecular formula is C26H21F3N2. The summed E-state index contributed by atoms with van der Waals surface area (Å²) < 4.78 is 39.6. The molecule has 0 saturated heterocycles. The topological polar surface area (TPSA) is 31.6 Å². The van der Waals surface area contributed by atoms with Crippen LogP contribution in [0.1, 0.15) is 34.7 Å². The van der Waals surface area contributed by atoms with Crippen molar-refractivity contribution in [1.29, 1.82) is 0 Å². The van der Waals surface area contributed by atoms with E-state index in [1.807, 2.05) is 43.6 Å². The lowest BCUT2D eigenvalue weighted by molar-refractivity contribution is -0.137. The van der Waals surface area contributed by atoms with Crippen LogP contribution in [0.2, 0.25) is 0 Å². The molecule has 3 aromatic carbocycles. The number of rotatable bonds is 3. The number of alkyl halides is 3. The van der Waals surface area contributed by atoms with Crippen molar-refractivity contribution in [2.45, 2.75) is 25.4 Å². The second-order valence-electron chi connectivity index (χ2n) is 8.20. The van der Waals surface area contributed by atoms with Crippen molar-refractivity contribution in [3.05, 3.63) is 107 Å². The maximum absolute atomic E-state index is 13.2. The molecule has 0 spiro atoms. The first-order valence-corrected chi connectivity index (χ1v) is 10.1. The maximum atomic E-state index is 13.2. The van der Waals surface area contributed by atoms with Crippen molar-refractivity contribution in [3.63, 3.8) is 0 Å². The molecule has 0 bridgehead atoms. The van der Waals surface area contributed by atoms with Gasteiger partial charge in [0.05, 0.1) is 5.56 Å². The average Bonchev–Trinajstić information content (AvgIpc) is 3.37. The van der Waals surface area contributed by atoms with Crippen LogP contribution in [-0.4, -0.2) is 9.97 Å². The third-order valence-electron chi connectivity index (χ3n) is 6.29. The highest BCUT2D eigenvalue weighted by Crippen LogP contribution is 2.45. The van der Waals surface area contributed by atoms with Crippen LogP contribution in [-0.2, 0) is 11.6 Å². The molecule has 5 heteroatoms. The third kappa shape index (κ3) is 3.03. The van der Waals surface area contributed by atoms with Crippen LogP contribution in [0.25, 0.3) is 21.8 Å². The van der Waals surface area contributed by atoms with Crippen LogP contribution in [0, 0.1) is 6.92 Å². The van der Waals surface area contributed by atoms with Crippen molar-refractivity contribution in [2.24, 2.45) is 0 Å². The number of H-pyrrole nitrogens is 2. The fourth-order valence-corrected chi connectivity index (χ4v) is 4.59. The van der Waals surface area contributed by atoms with Crippen molar-refractivity contribution >= 4 is 21.8 Å². The summed E-state index contributed by atoms with van der Waals surface area (Å²) in [5, 5.41) is 2.10. The number of benzene rings is 3. The van der Waals surface area contributed by atoms with E-state index in [9.17, 15) is 13.2 Å². The number of hydrogen-bond acceptors (Lipinski definition) is 0. The highest BCUT2D eigenvalue weighted by atomic mass is 19.4. The van der Waals surface area contributed by atoms with Gasteiger partial charge in [0.25, 0.3) is 0 Å². The molecule has 5 aromatic rings. The zero-order valence-corrected chi connectivity index (χ0v) is 17.1. The van der Waals surface area contributed by atoms with Gasteiger partial charge in [0.15, 0.2) is 0 Å². The van der Waals surface area contributed by atoms with Gasteiger partial charge in [-0.1, -0.05) is 42.5 Å². The Bertz CT molecular complexity index is 1390. The minimum atomic E-state index is -4.37. The SMILES string of the molecule is Cc1ccc2c(C(C)(c3ccc(C(F)(F)F)cc3)c3c[nH]c4ccccc34)c[nH]c2c1. The lowest BCUT2D eigenvalue weighted by Crippen LogP contribution is -2.25. The fourth-order valence-electron chi connectivity index (χ4n) is 4.59. The zero-order chi connectivity index (χ0) is 21.8. The summed E-state index contributed by atoms with van der Waals surface area (Å²) in [6.45, 7) is 4.11. The third-order valence-corrected chi connectivity index (χ3v) is 6.29. The molecule has 1 atom stereocenters. The predicted octanol–water partition coefficient (Wildman–Crippen LogP) is 7.33. The smallest absolute Gasteiger partial charge is 0.361 e. The Kier molecular flexibility index (Phi) is 4.26. The summed E-state index contributed by atoms with van der Waals surface area (Å²) in [4.78, 5) is 6.69. The summed E-state index contributed by atoms with van der Waals surface area (Å²) in [6, 6.07) is 19.7. The molecule has 2 aromatic heterocycles. The number of aromatic amines is 2. The molecule has 0 radical (unpaired) electrons. The minimum absolute atomic E-state index is 0.646. The van der Waals surface area contributed by atoms with Crippen LogP contribution in [0.15, 0.2) is 79.1 Å². The zero-order valence-electron chi connectivity index (χ0n) is 17.1. The molecule has 0 aliphatic carbocycles. The van der Waals surface area contributed by atoms with E-state index in [1.54, 1.807) is 12.1 Å². The minimum Gasteiger partial charge on any atom is -0.361 e. The average molecular weight is 418 g/mol. The van der Waals surface area contributed by atoms with E-state index in [1.165, 1.54) is 12.1 Å². The van der Waals surface area contributed by atoms with E-state index in [0.29, 0.717) is 0 Å². The second-order valence-corrected chi connectivity index (χ2v) is 8.20. The van der Waals surface area contributed by atoms with Crippen LogP contribution < -0.4 is 0 Å². The van der Waals surface area contributed by atoms with Crippen molar-refractivity contribution < 1.29 is 13.2 Å². The lowest BCUT2D eigenvalue weighted by Gasteiger charge is -2.31. The first-order valence-electron chi connectivity index (χ1n) is 10.1. The summed E-state index contributed by atoms with van der Waals surface area (Å²) in [7, 11) is 0. The molecule has 2 heterocycles. The number of aryl methyl sites for hydroxylation is 1. The van der Waals surface area contributed by atoms with E-state index >= 15 is 0 Å².